The lowest BCUT2D eigenvalue weighted by Crippen LogP contribution is -2.11. The van der Waals surface area contributed by atoms with E-state index in [-0.39, 0.29) is 12.8 Å². The van der Waals surface area contributed by atoms with Crippen molar-refractivity contribution in [1.29, 1.82) is 0 Å². The van der Waals surface area contributed by atoms with Crippen molar-refractivity contribution in [3.8, 4) is 0 Å². The van der Waals surface area contributed by atoms with Crippen molar-refractivity contribution in [2.45, 2.75) is 6.92 Å². The molecule has 0 unspecified atom stereocenters. The van der Waals surface area contributed by atoms with E-state index < -0.39 is 0 Å². The quantitative estimate of drug-likeness (QED) is 0.693. The lowest BCUT2D eigenvalue weighted by atomic mass is 10.1. The Bertz CT molecular complexity index is 568. The van der Waals surface area contributed by atoms with E-state index >= 15 is 0 Å². The molecule has 0 aliphatic carbocycles. The van der Waals surface area contributed by atoms with Crippen LogP contribution in [-0.4, -0.2) is 15.6 Å². The summed E-state index contributed by atoms with van der Waals surface area (Å²) in [6.07, 6.45) is 0. The van der Waals surface area contributed by atoms with Gasteiger partial charge >= 0.3 is 0 Å². The van der Waals surface area contributed by atoms with Gasteiger partial charge in [0.05, 0.1) is 10.9 Å². The molecule has 14 heavy (non-hydrogen) atoms. The molecule has 0 amide bonds. The second kappa shape index (κ2) is 2.83. The molecule has 0 fully saturated rings. The number of aromatic amines is 1. The van der Waals surface area contributed by atoms with Crippen molar-refractivity contribution in [1.82, 2.24) is 9.78 Å². The molecule has 0 spiro atoms. The molecular weight excluding hydrogens is 180 g/mol. The first-order valence-corrected chi connectivity index (χ1v) is 4.29. The number of nitrogens with zero attached hydrogens (tertiary/aromatic N) is 1. The van der Waals surface area contributed by atoms with Crippen LogP contribution >= 0.6 is 0 Å². The zero-order valence-electron chi connectivity index (χ0n) is 8.00. The van der Waals surface area contributed by atoms with Gasteiger partial charge in [-0.1, -0.05) is 0 Å². The Balaban J connectivity index is 0.00000112. The molecule has 1 N–H and O–H groups in total. The van der Waals surface area contributed by atoms with Crippen molar-refractivity contribution in [3.05, 3.63) is 34.1 Å². The monoisotopic (exact) mass is 192 g/mol. The van der Waals surface area contributed by atoms with Crippen molar-refractivity contribution in [2.75, 3.05) is 0 Å². The second-order valence-corrected chi connectivity index (χ2v) is 3.29. The summed E-state index contributed by atoms with van der Waals surface area (Å²) in [5, 5.41) is 3.44. The van der Waals surface area contributed by atoms with Gasteiger partial charge in [0.25, 0.3) is 5.56 Å². The van der Waals surface area contributed by atoms with Crippen molar-refractivity contribution < 1.29 is 6.22 Å². The molecule has 74 valence electrons. The van der Waals surface area contributed by atoms with E-state index in [1.807, 2.05) is 0 Å². The molecule has 1 aromatic carbocycles. The highest BCUT2D eigenvalue weighted by Gasteiger charge is 2.06. The maximum absolute atomic E-state index is 11.5. The number of nitrogens with one attached hydrogen (secondary N) is 1. The molecule has 0 aliphatic heterocycles. The molecule has 0 aliphatic rings. The highest BCUT2D eigenvalue weighted by atomic mass is 16.1. The number of ketones is 1. The fraction of sp³-hybridized carbons (Fsp3) is 0.200. The fourth-order valence-electron chi connectivity index (χ4n) is 1.45. The Morgan fingerprint density at radius 2 is 2.21 bits per heavy atom. The first-order valence-electron chi connectivity index (χ1n) is 4.29. The Morgan fingerprint density at radius 1 is 1.50 bits per heavy atom. The summed E-state index contributed by atoms with van der Waals surface area (Å²) in [5.41, 5.74) is 1.21. The minimum atomic E-state index is -0.108. The van der Waals surface area contributed by atoms with Gasteiger partial charge in [-0.15, -0.1) is 0 Å². The van der Waals surface area contributed by atoms with Crippen LogP contribution in [-0.2, 0) is 7.05 Å². The number of benzene rings is 1. The number of fused-ring (bicyclic) bond motifs is 1. The van der Waals surface area contributed by atoms with Crippen molar-refractivity contribution >= 4 is 16.7 Å². The molecule has 1 heterocycles. The summed E-state index contributed by atoms with van der Waals surface area (Å²) < 4.78 is 1.40. The van der Waals surface area contributed by atoms with Gasteiger partial charge in [-0.2, -0.15) is 0 Å². The van der Waals surface area contributed by atoms with Gasteiger partial charge in [-0.25, -0.2) is 0 Å². The van der Waals surface area contributed by atoms with Crippen molar-refractivity contribution in [3.63, 3.8) is 0 Å². The van der Waals surface area contributed by atoms with Gasteiger partial charge in [0, 0.05) is 14.0 Å². The maximum atomic E-state index is 11.5. The number of hydrogen-bond acceptors (Lipinski definition) is 2. The molecule has 0 saturated carbocycles. The average molecular weight is 192 g/mol. The van der Waals surface area contributed by atoms with E-state index in [1.165, 1.54) is 11.6 Å². The normalized spacial score (nSPS) is 10.7. The van der Waals surface area contributed by atoms with Crippen LogP contribution in [0.5, 0.6) is 0 Å². The summed E-state index contributed by atoms with van der Waals surface area (Å²) in [7, 11) is 1.65. The Hall–Kier alpha value is -1.84. The van der Waals surface area contributed by atoms with Crippen LogP contribution in [0.3, 0.4) is 0 Å². The SMILES string of the molecule is CC(=O)c1ccc2[nH]n(C)c(=O)c2c1.[HH]. The summed E-state index contributed by atoms with van der Waals surface area (Å²) in [5.74, 6) is -0.0323. The van der Waals surface area contributed by atoms with E-state index in [0.29, 0.717) is 10.9 Å². The van der Waals surface area contributed by atoms with Crippen LogP contribution in [0, 0.1) is 0 Å². The average Bonchev–Trinajstić information content (AvgIpc) is 2.43. The summed E-state index contributed by atoms with van der Waals surface area (Å²) in [6.45, 7) is 1.48. The summed E-state index contributed by atoms with van der Waals surface area (Å²) in [6, 6.07) is 5.07. The molecule has 0 radical (unpaired) electrons. The standard InChI is InChI=1S/C10H10N2O2.H2/c1-6(13)7-3-4-9-8(5-7)10(14)12(2)11-9;/h3-5,11H,1-2H3;1H. The number of H-pyrrole nitrogens is 1. The van der Waals surface area contributed by atoms with E-state index in [2.05, 4.69) is 5.10 Å². The highest BCUT2D eigenvalue weighted by molar-refractivity contribution is 5.97. The van der Waals surface area contributed by atoms with Crippen LogP contribution in [0.2, 0.25) is 0 Å². The third kappa shape index (κ3) is 1.16. The van der Waals surface area contributed by atoms with Crippen LogP contribution in [0.25, 0.3) is 10.9 Å². The maximum Gasteiger partial charge on any atom is 0.274 e. The first kappa shape index (κ1) is 8.74. The molecule has 0 saturated heterocycles. The molecule has 0 atom stereocenters. The molecule has 4 nitrogen and oxygen atoms in total. The van der Waals surface area contributed by atoms with Crippen LogP contribution < -0.4 is 5.56 Å². The van der Waals surface area contributed by atoms with E-state index in [4.69, 9.17) is 0 Å². The summed E-state index contributed by atoms with van der Waals surface area (Å²) in [4.78, 5) is 22.6. The fourth-order valence-corrected chi connectivity index (χ4v) is 1.45. The van der Waals surface area contributed by atoms with Crippen LogP contribution in [0.15, 0.2) is 23.0 Å². The van der Waals surface area contributed by atoms with E-state index in [1.54, 1.807) is 25.2 Å². The Morgan fingerprint density at radius 3 is 2.86 bits per heavy atom. The van der Waals surface area contributed by atoms with Gasteiger partial charge in [0.1, 0.15) is 0 Å². The Kier molecular flexibility index (Phi) is 1.77. The minimum absolute atomic E-state index is 0. The van der Waals surface area contributed by atoms with E-state index in [0.717, 1.165) is 5.52 Å². The second-order valence-electron chi connectivity index (χ2n) is 3.29. The lowest BCUT2D eigenvalue weighted by molar-refractivity contribution is 0.101. The Labute approximate surface area is 81.6 Å². The van der Waals surface area contributed by atoms with Gasteiger partial charge in [-0.05, 0) is 25.1 Å². The number of aryl methyl sites for hydroxylation is 1. The topological polar surface area (TPSA) is 54.9 Å². The molecule has 2 rings (SSSR count). The number of rotatable bonds is 1. The predicted octanol–water partition coefficient (Wildman–Crippen LogP) is 1.32. The largest absolute Gasteiger partial charge is 0.295 e. The number of carbonyl (C=O) groups excluding carboxylic acids is 1. The van der Waals surface area contributed by atoms with Crippen LogP contribution in [0.4, 0.5) is 0 Å². The lowest BCUT2D eigenvalue weighted by Gasteiger charge is -1.93. The number of aromatic nitrogens is 2. The number of Topliss-reactive ketones (excluding diaryl/α,β-unsaturated/α-hetero) is 1. The zero-order valence-corrected chi connectivity index (χ0v) is 8.00. The van der Waals surface area contributed by atoms with Gasteiger partial charge in [0.2, 0.25) is 0 Å². The molecule has 2 aromatic rings. The molecule has 4 heteroatoms. The van der Waals surface area contributed by atoms with Crippen molar-refractivity contribution in [2.24, 2.45) is 7.05 Å². The van der Waals surface area contributed by atoms with Gasteiger partial charge < -0.3 is 0 Å². The number of hydrogen-bond donors (Lipinski definition) is 1. The molecule has 1 aromatic heterocycles. The minimum Gasteiger partial charge on any atom is -0.295 e. The predicted molar refractivity (Wildman–Crippen MR) is 55.7 cm³/mol. The van der Waals surface area contributed by atoms with Crippen LogP contribution in [0.1, 0.15) is 18.7 Å². The molecule has 0 bridgehead atoms. The highest BCUT2D eigenvalue weighted by Crippen LogP contribution is 2.10. The number of carbonyl (C=O) groups is 1. The van der Waals surface area contributed by atoms with Gasteiger partial charge in [-0.3, -0.25) is 19.4 Å². The first-order chi connectivity index (χ1) is 6.59. The molecular formula is C10H12N2O2. The van der Waals surface area contributed by atoms with E-state index in [9.17, 15) is 9.59 Å². The summed E-state index contributed by atoms with van der Waals surface area (Å²) >= 11 is 0. The smallest absolute Gasteiger partial charge is 0.274 e. The van der Waals surface area contributed by atoms with Gasteiger partial charge in [0.15, 0.2) is 5.78 Å². The zero-order chi connectivity index (χ0) is 10.3. The third-order valence-electron chi connectivity index (χ3n) is 2.25. The third-order valence-corrected chi connectivity index (χ3v) is 2.25.